The second-order valence-corrected chi connectivity index (χ2v) is 6.43. The molecule has 0 fully saturated rings. The van der Waals surface area contributed by atoms with E-state index in [-0.39, 0.29) is 5.69 Å². The number of nitrogens with zero attached hydrogens (tertiary/aromatic N) is 2. The third-order valence-electron chi connectivity index (χ3n) is 2.85. The van der Waals surface area contributed by atoms with Crippen molar-refractivity contribution in [2.24, 2.45) is 0 Å². The largest absolute Gasteiger partial charge is 0.443 e. The minimum atomic E-state index is -0.596. The molecule has 0 N–H and O–H groups in total. The van der Waals surface area contributed by atoms with E-state index in [4.69, 9.17) is 4.74 Å². The van der Waals surface area contributed by atoms with Crippen molar-refractivity contribution >= 4 is 33.4 Å². The van der Waals surface area contributed by atoms with Gasteiger partial charge in [0.1, 0.15) is 5.60 Å². The van der Waals surface area contributed by atoms with Crippen molar-refractivity contribution in [1.29, 1.82) is 0 Å². The van der Waals surface area contributed by atoms with Crippen molar-refractivity contribution in [1.82, 2.24) is 0 Å². The van der Waals surface area contributed by atoms with Crippen LogP contribution in [0.15, 0.2) is 16.6 Å². The van der Waals surface area contributed by atoms with E-state index >= 15 is 0 Å². The van der Waals surface area contributed by atoms with Crippen LogP contribution in [0.2, 0.25) is 0 Å². The Bertz CT molecular complexity index is 580. The van der Waals surface area contributed by atoms with E-state index < -0.39 is 16.6 Å². The van der Waals surface area contributed by atoms with Crippen LogP contribution in [0.5, 0.6) is 0 Å². The Morgan fingerprint density at radius 2 is 2.10 bits per heavy atom. The van der Waals surface area contributed by atoms with Crippen LogP contribution < -0.4 is 4.90 Å². The number of hydrogen-bond acceptors (Lipinski definition) is 4. The molecule has 1 aromatic rings. The van der Waals surface area contributed by atoms with Crippen molar-refractivity contribution < 1.29 is 14.5 Å². The number of carbonyl (C=O) groups excluding carboxylic acids is 1. The van der Waals surface area contributed by atoms with E-state index in [1.54, 1.807) is 26.8 Å². The molecular formula is C13H15BrN2O4. The van der Waals surface area contributed by atoms with Gasteiger partial charge < -0.3 is 4.74 Å². The molecule has 1 amide bonds. The lowest BCUT2D eigenvalue weighted by molar-refractivity contribution is -0.385. The second kappa shape index (κ2) is 5.05. The molecule has 0 saturated heterocycles. The number of benzene rings is 1. The number of anilines is 1. The molecule has 1 aliphatic heterocycles. The lowest BCUT2D eigenvalue weighted by atomic mass is 10.1. The molecule has 0 spiro atoms. The predicted molar refractivity (Wildman–Crippen MR) is 78.1 cm³/mol. The summed E-state index contributed by atoms with van der Waals surface area (Å²) in [5.74, 6) is 0. The molecule has 0 atom stereocenters. The minimum Gasteiger partial charge on any atom is -0.443 e. The number of nitro groups is 1. The lowest BCUT2D eigenvalue weighted by Gasteiger charge is -2.24. The fraction of sp³-hybridized carbons (Fsp3) is 0.462. The number of hydrogen-bond donors (Lipinski definition) is 0. The van der Waals surface area contributed by atoms with Gasteiger partial charge in [0.05, 0.1) is 15.1 Å². The summed E-state index contributed by atoms with van der Waals surface area (Å²) in [6.45, 7) is 5.82. The van der Waals surface area contributed by atoms with Gasteiger partial charge in [-0.25, -0.2) is 4.79 Å². The summed E-state index contributed by atoms with van der Waals surface area (Å²) in [6, 6.07) is 3.11. The van der Waals surface area contributed by atoms with Crippen LogP contribution in [0.4, 0.5) is 16.2 Å². The average molecular weight is 343 g/mol. The second-order valence-electron chi connectivity index (χ2n) is 5.57. The minimum absolute atomic E-state index is 0.0563. The van der Waals surface area contributed by atoms with Gasteiger partial charge in [0.2, 0.25) is 0 Å². The van der Waals surface area contributed by atoms with Crippen LogP contribution in [-0.2, 0) is 11.2 Å². The topological polar surface area (TPSA) is 72.7 Å². The summed E-state index contributed by atoms with van der Waals surface area (Å²) < 4.78 is 5.74. The molecule has 0 bridgehead atoms. The van der Waals surface area contributed by atoms with E-state index in [1.165, 1.54) is 11.0 Å². The monoisotopic (exact) mass is 342 g/mol. The van der Waals surface area contributed by atoms with E-state index in [0.717, 1.165) is 5.56 Å². The number of amides is 1. The van der Waals surface area contributed by atoms with E-state index in [0.29, 0.717) is 23.1 Å². The molecular weight excluding hydrogens is 328 g/mol. The van der Waals surface area contributed by atoms with Gasteiger partial charge in [-0.05, 0) is 54.8 Å². The third kappa shape index (κ3) is 2.92. The highest BCUT2D eigenvalue weighted by Crippen LogP contribution is 2.37. The van der Waals surface area contributed by atoms with Gasteiger partial charge in [0.25, 0.3) is 5.69 Å². The maximum atomic E-state index is 12.1. The smallest absolute Gasteiger partial charge is 0.414 e. The molecule has 1 aliphatic rings. The number of ether oxygens (including phenoxy) is 1. The van der Waals surface area contributed by atoms with Crippen molar-refractivity contribution in [3.63, 3.8) is 0 Å². The van der Waals surface area contributed by atoms with Crippen LogP contribution in [-0.4, -0.2) is 23.2 Å². The van der Waals surface area contributed by atoms with Gasteiger partial charge in [-0.15, -0.1) is 0 Å². The Balaban J connectivity index is 2.35. The average Bonchev–Trinajstić information content (AvgIpc) is 2.67. The quantitative estimate of drug-likeness (QED) is 0.576. The predicted octanol–water partition coefficient (Wildman–Crippen LogP) is 3.65. The van der Waals surface area contributed by atoms with Gasteiger partial charge in [-0.3, -0.25) is 15.0 Å². The van der Waals surface area contributed by atoms with Crippen LogP contribution >= 0.6 is 15.9 Å². The SMILES string of the molecule is CC(C)(C)OC(=O)N1CCc2cc(Br)c([N+](=O)[O-])cc21. The molecule has 0 aliphatic carbocycles. The molecule has 2 rings (SSSR count). The van der Waals surface area contributed by atoms with Crippen LogP contribution in [0, 0.1) is 10.1 Å². The van der Waals surface area contributed by atoms with Crippen LogP contribution in [0.25, 0.3) is 0 Å². The number of fused-ring (bicyclic) bond motifs is 1. The van der Waals surface area contributed by atoms with Crippen molar-refractivity contribution in [2.75, 3.05) is 11.4 Å². The lowest BCUT2D eigenvalue weighted by Crippen LogP contribution is -2.35. The Labute approximate surface area is 125 Å². The zero-order valence-corrected chi connectivity index (χ0v) is 13.1. The van der Waals surface area contributed by atoms with Gasteiger partial charge in [-0.1, -0.05) is 0 Å². The fourth-order valence-corrected chi connectivity index (χ4v) is 2.58. The van der Waals surface area contributed by atoms with E-state index in [1.807, 2.05) is 0 Å². The summed E-state index contributed by atoms with van der Waals surface area (Å²) in [7, 11) is 0. The highest BCUT2D eigenvalue weighted by atomic mass is 79.9. The first-order valence-electron chi connectivity index (χ1n) is 6.16. The molecule has 7 heteroatoms. The molecule has 1 aromatic carbocycles. The summed E-state index contributed by atoms with van der Waals surface area (Å²) in [5.41, 5.74) is 0.794. The molecule has 0 unspecified atom stereocenters. The molecule has 0 saturated carbocycles. The summed E-state index contributed by atoms with van der Waals surface area (Å²) in [5, 5.41) is 11.0. The highest BCUT2D eigenvalue weighted by Gasteiger charge is 2.31. The maximum absolute atomic E-state index is 12.1. The van der Waals surface area contributed by atoms with E-state index in [9.17, 15) is 14.9 Å². The Morgan fingerprint density at radius 1 is 1.45 bits per heavy atom. The van der Waals surface area contributed by atoms with Gasteiger partial charge in [0.15, 0.2) is 0 Å². The molecule has 0 aromatic heterocycles. The first-order valence-corrected chi connectivity index (χ1v) is 6.95. The summed E-state index contributed by atoms with van der Waals surface area (Å²) >= 11 is 3.18. The highest BCUT2D eigenvalue weighted by molar-refractivity contribution is 9.10. The number of rotatable bonds is 1. The zero-order chi connectivity index (χ0) is 15.1. The van der Waals surface area contributed by atoms with Crippen LogP contribution in [0.1, 0.15) is 26.3 Å². The summed E-state index contributed by atoms with van der Waals surface area (Å²) in [4.78, 5) is 24.0. The van der Waals surface area contributed by atoms with Gasteiger partial charge in [-0.2, -0.15) is 0 Å². The molecule has 1 heterocycles. The Kier molecular flexibility index (Phi) is 3.73. The zero-order valence-electron chi connectivity index (χ0n) is 11.5. The fourth-order valence-electron chi connectivity index (χ4n) is 2.04. The molecule has 20 heavy (non-hydrogen) atoms. The molecule has 6 nitrogen and oxygen atoms in total. The maximum Gasteiger partial charge on any atom is 0.414 e. The van der Waals surface area contributed by atoms with Crippen molar-refractivity contribution in [3.05, 3.63) is 32.3 Å². The molecule has 108 valence electrons. The number of nitro benzene ring substituents is 1. The van der Waals surface area contributed by atoms with Crippen molar-refractivity contribution in [3.8, 4) is 0 Å². The Hall–Kier alpha value is -1.63. The summed E-state index contributed by atoms with van der Waals surface area (Å²) in [6.07, 6.45) is 0.179. The van der Waals surface area contributed by atoms with Crippen molar-refractivity contribution in [2.45, 2.75) is 32.8 Å². The van der Waals surface area contributed by atoms with Crippen LogP contribution in [0.3, 0.4) is 0 Å². The van der Waals surface area contributed by atoms with Gasteiger partial charge >= 0.3 is 6.09 Å². The standard InChI is InChI=1S/C13H15BrN2O4/c1-13(2,3)20-12(17)15-5-4-8-6-9(14)11(16(18)19)7-10(8)15/h6-7H,4-5H2,1-3H3. The van der Waals surface area contributed by atoms with E-state index in [2.05, 4.69) is 15.9 Å². The molecule has 0 radical (unpaired) electrons. The normalized spacial score (nSPS) is 14.1. The third-order valence-corrected chi connectivity index (χ3v) is 3.49. The van der Waals surface area contributed by atoms with Gasteiger partial charge in [0, 0.05) is 12.6 Å². The first-order chi connectivity index (χ1) is 9.19. The first kappa shape index (κ1) is 14.8. The number of carbonyl (C=O) groups is 1. The Morgan fingerprint density at radius 3 is 2.65 bits per heavy atom. The number of halogens is 1.